The molecule has 1 aromatic carbocycles. The molecule has 1 N–H and O–H groups in total. The minimum absolute atomic E-state index is 0.0932. The van der Waals surface area contributed by atoms with Crippen molar-refractivity contribution in [2.75, 3.05) is 6.61 Å². The number of carbonyl (C=O) groups excluding carboxylic acids is 2. The number of halogens is 3. The molecule has 0 heterocycles. The number of amides is 1. The fourth-order valence-corrected chi connectivity index (χ4v) is 2.95. The van der Waals surface area contributed by atoms with Gasteiger partial charge in [0, 0.05) is 12.1 Å². The van der Waals surface area contributed by atoms with Crippen LogP contribution in [0.2, 0.25) is 0 Å². The first kappa shape index (κ1) is 20.0. The lowest BCUT2D eigenvalue weighted by Gasteiger charge is -2.29. The van der Waals surface area contributed by atoms with E-state index >= 15 is 0 Å². The fourth-order valence-electron chi connectivity index (χ4n) is 2.95. The Labute approximate surface area is 150 Å². The van der Waals surface area contributed by atoms with Gasteiger partial charge < -0.3 is 10.1 Å². The first-order chi connectivity index (χ1) is 12.3. The highest BCUT2D eigenvalue weighted by Gasteiger charge is 2.30. The number of carbonyl (C=O) groups is 2. The van der Waals surface area contributed by atoms with E-state index < -0.39 is 24.3 Å². The van der Waals surface area contributed by atoms with Crippen LogP contribution in [-0.4, -0.2) is 24.5 Å². The number of benzene rings is 1. The molecular formula is C19H22F3NO3. The maximum Gasteiger partial charge on any atom is 0.416 e. The van der Waals surface area contributed by atoms with Crippen molar-refractivity contribution in [1.29, 1.82) is 0 Å². The van der Waals surface area contributed by atoms with Gasteiger partial charge in [-0.25, -0.2) is 4.79 Å². The number of rotatable bonds is 5. The van der Waals surface area contributed by atoms with Gasteiger partial charge in [0.05, 0.1) is 5.56 Å². The molecule has 4 nitrogen and oxygen atoms in total. The summed E-state index contributed by atoms with van der Waals surface area (Å²) in [4.78, 5) is 23.5. The summed E-state index contributed by atoms with van der Waals surface area (Å²) < 4.78 is 42.7. The van der Waals surface area contributed by atoms with Gasteiger partial charge in [0.2, 0.25) is 0 Å². The first-order valence-electron chi connectivity index (χ1n) is 8.57. The van der Waals surface area contributed by atoms with Gasteiger partial charge in [-0.15, -0.1) is 0 Å². The Bertz CT molecular complexity index is 670. The Kier molecular flexibility index (Phi) is 6.83. The van der Waals surface area contributed by atoms with E-state index in [-0.39, 0.29) is 17.5 Å². The second kappa shape index (κ2) is 8.87. The Balaban J connectivity index is 1.81. The minimum Gasteiger partial charge on any atom is -0.452 e. The normalized spacial score (nSPS) is 20.8. The van der Waals surface area contributed by atoms with Crippen LogP contribution in [0.5, 0.6) is 0 Å². The van der Waals surface area contributed by atoms with Crippen molar-refractivity contribution < 1.29 is 27.5 Å². The van der Waals surface area contributed by atoms with Crippen LogP contribution in [0, 0.1) is 5.92 Å². The Morgan fingerprint density at radius 2 is 2.00 bits per heavy atom. The van der Waals surface area contributed by atoms with Crippen LogP contribution in [0.15, 0.2) is 30.3 Å². The number of ether oxygens (including phenoxy) is 1. The third-order valence-corrected chi connectivity index (χ3v) is 4.43. The molecule has 1 aromatic rings. The summed E-state index contributed by atoms with van der Waals surface area (Å²) in [5.74, 6) is -0.761. The molecule has 142 valence electrons. The molecule has 1 aliphatic rings. The van der Waals surface area contributed by atoms with E-state index in [1.54, 1.807) is 0 Å². The molecule has 7 heteroatoms. The van der Waals surface area contributed by atoms with Gasteiger partial charge in [-0.2, -0.15) is 13.2 Å². The highest BCUT2D eigenvalue weighted by molar-refractivity contribution is 5.89. The van der Waals surface area contributed by atoms with Gasteiger partial charge in [-0.1, -0.05) is 31.9 Å². The second-order valence-corrected chi connectivity index (χ2v) is 6.50. The van der Waals surface area contributed by atoms with Crippen LogP contribution in [0.4, 0.5) is 13.2 Å². The van der Waals surface area contributed by atoms with Gasteiger partial charge in [0.25, 0.3) is 5.91 Å². The van der Waals surface area contributed by atoms with Crippen molar-refractivity contribution >= 4 is 18.0 Å². The molecule has 0 aromatic heterocycles. The van der Waals surface area contributed by atoms with E-state index in [0.29, 0.717) is 5.92 Å². The number of hydrogen-bond donors (Lipinski definition) is 1. The van der Waals surface area contributed by atoms with Crippen molar-refractivity contribution in [3.8, 4) is 0 Å². The molecule has 1 amide bonds. The lowest BCUT2D eigenvalue weighted by atomic mass is 9.86. The standard InChI is InChI=1S/C19H22F3NO3/c1-13-5-2-3-8-16(13)23-17(24)12-26-18(25)10-9-14-6-4-7-15(11-14)19(20,21)22/h4,6-7,9-11,13,16H,2-3,5,8,12H2,1H3,(H,23,24)/b10-9+/t13-,16-/m1/s1. The van der Waals surface area contributed by atoms with E-state index in [0.717, 1.165) is 43.9 Å². The summed E-state index contributed by atoms with van der Waals surface area (Å²) in [6.45, 7) is 1.67. The zero-order chi connectivity index (χ0) is 19.2. The van der Waals surface area contributed by atoms with Crippen LogP contribution < -0.4 is 5.32 Å². The lowest BCUT2D eigenvalue weighted by molar-refractivity contribution is -0.144. The number of alkyl halides is 3. The fraction of sp³-hybridized carbons (Fsp3) is 0.474. The molecule has 0 aliphatic heterocycles. The van der Waals surface area contributed by atoms with Crippen LogP contribution in [-0.2, 0) is 20.5 Å². The Hall–Kier alpha value is -2.31. The summed E-state index contributed by atoms with van der Waals surface area (Å²) >= 11 is 0. The first-order valence-corrected chi connectivity index (χ1v) is 8.57. The van der Waals surface area contributed by atoms with E-state index in [1.165, 1.54) is 18.2 Å². The predicted molar refractivity (Wildman–Crippen MR) is 91.0 cm³/mol. The number of nitrogens with one attached hydrogen (secondary N) is 1. The summed E-state index contributed by atoms with van der Waals surface area (Å²) in [5, 5.41) is 2.86. The molecule has 1 saturated carbocycles. The molecular weight excluding hydrogens is 347 g/mol. The maximum absolute atomic E-state index is 12.6. The highest BCUT2D eigenvalue weighted by atomic mass is 19.4. The summed E-state index contributed by atoms with van der Waals surface area (Å²) in [6, 6.07) is 4.67. The molecule has 1 aliphatic carbocycles. The average Bonchev–Trinajstić information content (AvgIpc) is 2.60. The number of esters is 1. The lowest BCUT2D eigenvalue weighted by Crippen LogP contribution is -2.42. The van der Waals surface area contributed by atoms with Crippen molar-refractivity contribution in [3.63, 3.8) is 0 Å². The van der Waals surface area contributed by atoms with Gasteiger partial charge in [0.1, 0.15) is 0 Å². The quantitative estimate of drug-likeness (QED) is 0.631. The molecule has 0 unspecified atom stereocenters. The third-order valence-electron chi connectivity index (χ3n) is 4.43. The SMILES string of the molecule is C[C@@H]1CCCC[C@H]1NC(=O)COC(=O)/C=C/c1cccc(C(F)(F)F)c1. The van der Waals surface area contributed by atoms with Gasteiger partial charge >= 0.3 is 12.1 Å². The summed E-state index contributed by atoms with van der Waals surface area (Å²) in [7, 11) is 0. The minimum atomic E-state index is -4.45. The predicted octanol–water partition coefficient (Wildman–Crippen LogP) is 3.96. The molecule has 0 radical (unpaired) electrons. The van der Waals surface area contributed by atoms with Crippen molar-refractivity contribution in [2.24, 2.45) is 5.92 Å². The van der Waals surface area contributed by atoms with Crippen LogP contribution in [0.25, 0.3) is 6.08 Å². The van der Waals surface area contributed by atoms with Crippen LogP contribution in [0.3, 0.4) is 0 Å². The molecule has 26 heavy (non-hydrogen) atoms. The number of hydrogen-bond acceptors (Lipinski definition) is 3. The zero-order valence-electron chi connectivity index (χ0n) is 14.5. The maximum atomic E-state index is 12.6. The topological polar surface area (TPSA) is 55.4 Å². The second-order valence-electron chi connectivity index (χ2n) is 6.50. The van der Waals surface area contributed by atoms with E-state index in [4.69, 9.17) is 4.74 Å². The van der Waals surface area contributed by atoms with Gasteiger partial charge in [0.15, 0.2) is 6.61 Å². The molecule has 0 spiro atoms. The van der Waals surface area contributed by atoms with Crippen molar-refractivity contribution in [2.45, 2.75) is 44.8 Å². The van der Waals surface area contributed by atoms with E-state index in [2.05, 4.69) is 12.2 Å². The molecule has 0 bridgehead atoms. The van der Waals surface area contributed by atoms with Crippen molar-refractivity contribution in [1.82, 2.24) is 5.32 Å². The smallest absolute Gasteiger partial charge is 0.416 e. The van der Waals surface area contributed by atoms with Crippen molar-refractivity contribution in [3.05, 3.63) is 41.5 Å². The van der Waals surface area contributed by atoms with Gasteiger partial charge in [-0.05, 0) is 42.5 Å². The monoisotopic (exact) mass is 369 g/mol. The zero-order valence-corrected chi connectivity index (χ0v) is 14.5. The molecule has 2 rings (SSSR count). The third kappa shape index (κ3) is 6.20. The van der Waals surface area contributed by atoms with E-state index in [1.807, 2.05) is 0 Å². The molecule has 0 saturated heterocycles. The van der Waals surface area contributed by atoms with Gasteiger partial charge in [-0.3, -0.25) is 4.79 Å². The van der Waals surface area contributed by atoms with Crippen LogP contribution in [0.1, 0.15) is 43.7 Å². The van der Waals surface area contributed by atoms with E-state index in [9.17, 15) is 22.8 Å². The molecule has 2 atom stereocenters. The summed E-state index contributed by atoms with van der Waals surface area (Å²) in [6.07, 6.45) is 1.97. The Morgan fingerprint density at radius 3 is 2.69 bits per heavy atom. The van der Waals surface area contributed by atoms with Crippen LogP contribution >= 0.6 is 0 Å². The highest BCUT2D eigenvalue weighted by Crippen LogP contribution is 2.29. The largest absolute Gasteiger partial charge is 0.452 e. The Morgan fingerprint density at radius 1 is 1.27 bits per heavy atom. The summed E-state index contributed by atoms with van der Waals surface area (Å²) in [5.41, 5.74) is -0.578. The average molecular weight is 369 g/mol. The molecule has 1 fully saturated rings.